The Kier molecular flexibility index (Phi) is 8.84. The summed E-state index contributed by atoms with van der Waals surface area (Å²) in [5.74, 6) is -0.464. The van der Waals surface area contributed by atoms with E-state index in [0.29, 0.717) is 31.3 Å². The van der Waals surface area contributed by atoms with Gasteiger partial charge in [0.2, 0.25) is 11.8 Å². The van der Waals surface area contributed by atoms with Crippen LogP contribution in [0.25, 0.3) is 6.08 Å². The summed E-state index contributed by atoms with van der Waals surface area (Å²) in [5.41, 5.74) is 1.83. The Hall–Kier alpha value is -2.51. The normalized spacial score (nSPS) is 11.0. The SMILES string of the molecule is CCOCCCN(CC(=O)Nc1nc(C)c(C)s1)C(=O)/C=C/c1ccccc1. The number of ether oxygens (including phenoxy) is 1. The Morgan fingerprint density at radius 2 is 2.00 bits per heavy atom. The van der Waals surface area contributed by atoms with Crippen molar-refractivity contribution in [1.82, 2.24) is 9.88 Å². The lowest BCUT2D eigenvalue weighted by Crippen LogP contribution is -2.38. The zero-order valence-electron chi connectivity index (χ0n) is 16.6. The smallest absolute Gasteiger partial charge is 0.247 e. The lowest BCUT2D eigenvalue weighted by Gasteiger charge is -2.20. The Morgan fingerprint density at radius 1 is 1.25 bits per heavy atom. The number of hydrogen-bond donors (Lipinski definition) is 1. The van der Waals surface area contributed by atoms with Gasteiger partial charge in [0.05, 0.1) is 5.69 Å². The molecule has 28 heavy (non-hydrogen) atoms. The summed E-state index contributed by atoms with van der Waals surface area (Å²) in [4.78, 5) is 32.0. The first kappa shape index (κ1) is 21.8. The van der Waals surface area contributed by atoms with Crippen LogP contribution in [0.3, 0.4) is 0 Å². The molecule has 2 rings (SSSR count). The van der Waals surface area contributed by atoms with E-state index in [9.17, 15) is 9.59 Å². The number of carbonyl (C=O) groups excluding carboxylic acids is 2. The number of amides is 2. The van der Waals surface area contributed by atoms with Gasteiger partial charge in [0.1, 0.15) is 6.54 Å². The summed E-state index contributed by atoms with van der Waals surface area (Å²) < 4.78 is 5.34. The molecule has 2 amide bonds. The Bertz CT molecular complexity index is 783. The average Bonchev–Trinajstić information content (AvgIpc) is 3.00. The minimum Gasteiger partial charge on any atom is -0.382 e. The molecule has 0 saturated carbocycles. The van der Waals surface area contributed by atoms with Crippen LogP contribution in [0.1, 0.15) is 29.5 Å². The van der Waals surface area contributed by atoms with Crippen molar-refractivity contribution in [3.8, 4) is 0 Å². The molecule has 1 aromatic carbocycles. The molecule has 2 aromatic rings. The highest BCUT2D eigenvalue weighted by Crippen LogP contribution is 2.20. The van der Waals surface area contributed by atoms with Crippen LogP contribution >= 0.6 is 11.3 Å². The van der Waals surface area contributed by atoms with E-state index in [1.807, 2.05) is 51.1 Å². The first-order valence-corrected chi connectivity index (χ1v) is 10.1. The zero-order chi connectivity index (χ0) is 20.4. The van der Waals surface area contributed by atoms with Crippen LogP contribution in [-0.2, 0) is 14.3 Å². The van der Waals surface area contributed by atoms with Crippen molar-refractivity contribution >= 4 is 34.4 Å². The molecule has 0 spiro atoms. The number of hydrogen-bond acceptors (Lipinski definition) is 5. The Labute approximate surface area is 170 Å². The minimum absolute atomic E-state index is 0.0260. The van der Waals surface area contributed by atoms with Crippen molar-refractivity contribution in [2.24, 2.45) is 0 Å². The standard InChI is InChI=1S/C21H27N3O3S/c1-4-27-14-8-13-24(20(26)12-11-18-9-6-5-7-10-18)15-19(25)23-21-22-16(2)17(3)28-21/h5-7,9-12H,4,8,13-15H2,1-3H3,(H,22,23,25)/b12-11+. The number of nitrogens with one attached hydrogen (secondary N) is 1. The van der Waals surface area contributed by atoms with Gasteiger partial charge in [0, 0.05) is 30.7 Å². The predicted molar refractivity (Wildman–Crippen MR) is 113 cm³/mol. The van der Waals surface area contributed by atoms with Crippen LogP contribution in [-0.4, -0.2) is 48.0 Å². The Morgan fingerprint density at radius 3 is 2.64 bits per heavy atom. The molecule has 0 aliphatic heterocycles. The summed E-state index contributed by atoms with van der Waals surface area (Å²) in [6.07, 6.45) is 3.92. The average molecular weight is 402 g/mol. The minimum atomic E-state index is -0.258. The summed E-state index contributed by atoms with van der Waals surface area (Å²) >= 11 is 1.43. The number of aryl methyl sites for hydroxylation is 2. The molecule has 1 aromatic heterocycles. The van der Waals surface area contributed by atoms with E-state index in [4.69, 9.17) is 4.74 Å². The Balaban J connectivity index is 1.99. The van der Waals surface area contributed by atoms with Crippen LogP contribution in [0.15, 0.2) is 36.4 Å². The van der Waals surface area contributed by atoms with Crippen molar-refractivity contribution < 1.29 is 14.3 Å². The van der Waals surface area contributed by atoms with Crippen LogP contribution in [0.2, 0.25) is 0 Å². The second-order valence-electron chi connectivity index (χ2n) is 6.26. The number of anilines is 1. The summed E-state index contributed by atoms with van der Waals surface area (Å²) in [5, 5.41) is 3.34. The van der Waals surface area contributed by atoms with Crippen molar-refractivity contribution in [2.45, 2.75) is 27.2 Å². The van der Waals surface area contributed by atoms with E-state index in [2.05, 4.69) is 10.3 Å². The van der Waals surface area contributed by atoms with E-state index in [1.165, 1.54) is 22.3 Å². The van der Waals surface area contributed by atoms with Crippen LogP contribution in [0, 0.1) is 13.8 Å². The lowest BCUT2D eigenvalue weighted by molar-refractivity contribution is -0.130. The van der Waals surface area contributed by atoms with Crippen LogP contribution in [0.4, 0.5) is 5.13 Å². The third-order valence-corrected chi connectivity index (χ3v) is 5.05. The third-order valence-electron chi connectivity index (χ3n) is 4.06. The molecule has 0 radical (unpaired) electrons. The van der Waals surface area contributed by atoms with E-state index in [-0.39, 0.29) is 18.4 Å². The fourth-order valence-corrected chi connectivity index (χ4v) is 3.30. The fraction of sp³-hybridized carbons (Fsp3) is 0.381. The lowest BCUT2D eigenvalue weighted by atomic mass is 10.2. The second kappa shape index (κ2) is 11.4. The van der Waals surface area contributed by atoms with Crippen LogP contribution < -0.4 is 5.32 Å². The van der Waals surface area contributed by atoms with Crippen molar-refractivity contribution in [1.29, 1.82) is 0 Å². The maximum Gasteiger partial charge on any atom is 0.247 e. The summed E-state index contributed by atoms with van der Waals surface area (Å²) in [7, 11) is 0. The van der Waals surface area contributed by atoms with Gasteiger partial charge in [-0.25, -0.2) is 4.98 Å². The van der Waals surface area contributed by atoms with Gasteiger partial charge >= 0.3 is 0 Å². The molecular weight excluding hydrogens is 374 g/mol. The summed E-state index contributed by atoms with van der Waals surface area (Å²) in [6, 6.07) is 9.59. The van der Waals surface area contributed by atoms with Crippen molar-refractivity contribution in [3.05, 3.63) is 52.5 Å². The van der Waals surface area contributed by atoms with E-state index in [0.717, 1.165) is 16.1 Å². The van der Waals surface area contributed by atoms with E-state index < -0.39 is 0 Å². The van der Waals surface area contributed by atoms with Gasteiger partial charge in [-0.05, 0) is 38.8 Å². The molecule has 0 unspecified atom stereocenters. The first-order valence-electron chi connectivity index (χ1n) is 9.33. The molecule has 150 valence electrons. The molecule has 0 fully saturated rings. The highest BCUT2D eigenvalue weighted by atomic mass is 32.1. The van der Waals surface area contributed by atoms with Gasteiger partial charge in [-0.1, -0.05) is 30.3 Å². The molecule has 7 heteroatoms. The maximum atomic E-state index is 12.6. The quantitative estimate of drug-likeness (QED) is 0.487. The number of thiazole rings is 1. The number of aromatic nitrogens is 1. The maximum absolute atomic E-state index is 12.6. The second-order valence-corrected chi connectivity index (χ2v) is 7.47. The number of nitrogens with zero attached hydrogens (tertiary/aromatic N) is 2. The molecule has 6 nitrogen and oxygen atoms in total. The number of benzene rings is 1. The number of rotatable bonds is 10. The van der Waals surface area contributed by atoms with Gasteiger partial charge in [-0.2, -0.15) is 0 Å². The van der Waals surface area contributed by atoms with Crippen LogP contribution in [0.5, 0.6) is 0 Å². The van der Waals surface area contributed by atoms with E-state index >= 15 is 0 Å². The highest BCUT2D eigenvalue weighted by molar-refractivity contribution is 7.15. The van der Waals surface area contributed by atoms with Gasteiger partial charge in [-0.15, -0.1) is 11.3 Å². The third kappa shape index (κ3) is 7.25. The fourth-order valence-electron chi connectivity index (χ4n) is 2.46. The number of carbonyl (C=O) groups is 2. The van der Waals surface area contributed by atoms with Gasteiger partial charge in [0.25, 0.3) is 0 Å². The van der Waals surface area contributed by atoms with E-state index in [1.54, 1.807) is 6.08 Å². The molecule has 0 bridgehead atoms. The van der Waals surface area contributed by atoms with Gasteiger partial charge in [0.15, 0.2) is 5.13 Å². The molecule has 1 N–H and O–H groups in total. The zero-order valence-corrected chi connectivity index (χ0v) is 17.4. The molecule has 0 aliphatic rings. The molecule has 1 heterocycles. The molecule has 0 atom stereocenters. The molecular formula is C21H27N3O3S. The highest BCUT2D eigenvalue weighted by Gasteiger charge is 2.16. The van der Waals surface area contributed by atoms with Crippen molar-refractivity contribution in [3.63, 3.8) is 0 Å². The largest absolute Gasteiger partial charge is 0.382 e. The van der Waals surface area contributed by atoms with Gasteiger partial charge in [-0.3, -0.25) is 9.59 Å². The predicted octanol–water partition coefficient (Wildman–Crippen LogP) is 3.67. The molecule has 0 aliphatic carbocycles. The monoisotopic (exact) mass is 401 g/mol. The first-order chi connectivity index (χ1) is 13.5. The summed E-state index contributed by atoms with van der Waals surface area (Å²) in [6.45, 7) is 7.39. The topological polar surface area (TPSA) is 71.5 Å². The van der Waals surface area contributed by atoms with Gasteiger partial charge < -0.3 is 15.0 Å². The molecule has 0 saturated heterocycles. The van der Waals surface area contributed by atoms with Crippen molar-refractivity contribution in [2.75, 3.05) is 31.6 Å².